The predicted molar refractivity (Wildman–Crippen MR) is 116 cm³/mol. The zero-order valence-electron chi connectivity index (χ0n) is 15.7. The third-order valence-electron chi connectivity index (χ3n) is 3.97. The molecule has 152 valence electrons. The molecule has 0 saturated carbocycles. The lowest BCUT2D eigenvalue weighted by Crippen LogP contribution is -2.23. The summed E-state index contributed by atoms with van der Waals surface area (Å²) in [6.45, 7) is 2.49. The van der Waals surface area contributed by atoms with Crippen molar-refractivity contribution in [3.63, 3.8) is 0 Å². The smallest absolute Gasteiger partial charge is 0.340 e. The SMILES string of the molecule is CCCn1c(SCC(=O)Nc2ccc(Cl)cc2C(=O)OC)nc2ccsc2c1=O. The lowest BCUT2D eigenvalue weighted by atomic mass is 10.2. The van der Waals surface area contributed by atoms with Crippen LogP contribution in [0.5, 0.6) is 0 Å². The van der Waals surface area contributed by atoms with Crippen molar-refractivity contribution in [3.05, 3.63) is 50.6 Å². The highest BCUT2D eigenvalue weighted by atomic mass is 35.5. The minimum Gasteiger partial charge on any atom is -0.465 e. The molecule has 1 amide bonds. The molecule has 29 heavy (non-hydrogen) atoms. The monoisotopic (exact) mass is 451 g/mol. The maximum absolute atomic E-state index is 12.7. The minimum absolute atomic E-state index is 0.0229. The van der Waals surface area contributed by atoms with E-state index in [9.17, 15) is 14.4 Å². The second kappa shape index (κ2) is 9.43. The summed E-state index contributed by atoms with van der Waals surface area (Å²) in [5.74, 6) is -0.920. The van der Waals surface area contributed by atoms with Gasteiger partial charge in [-0.05, 0) is 36.1 Å². The number of methoxy groups -OCH3 is 1. The zero-order valence-corrected chi connectivity index (χ0v) is 18.1. The highest BCUT2D eigenvalue weighted by Crippen LogP contribution is 2.24. The average molecular weight is 452 g/mol. The Bertz CT molecular complexity index is 1130. The number of fused-ring (bicyclic) bond motifs is 1. The van der Waals surface area contributed by atoms with Gasteiger partial charge in [0.2, 0.25) is 5.91 Å². The maximum Gasteiger partial charge on any atom is 0.340 e. The van der Waals surface area contributed by atoms with E-state index in [0.717, 1.165) is 6.42 Å². The fraction of sp³-hybridized carbons (Fsp3) is 0.263. The minimum atomic E-state index is -0.600. The van der Waals surface area contributed by atoms with Gasteiger partial charge in [-0.1, -0.05) is 30.3 Å². The predicted octanol–water partition coefficient (Wildman–Crippen LogP) is 4.04. The Morgan fingerprint density at radius 1 is 1.34 bits per heavy atom. The molecule has 0 radical (unpaired) electrons. The highest BCUT2D eigenvalue weighted by Gasteiger charge is 2.17. The lowest BCUT2D eigenvalue weighted by molar-refractivity contribution is -0.113. The van der Waals surface area contributed by atoms with Crippen LogP contribution in [0.15, 0.2) is 39.6 Å². The van der Waals surface area contributed by atoms with Crippen LogP contribution in [-0.4, -0.2) is 34.3 Å². The summed E-state index contributed by atoms with van der Waals surface area (Å²) in [6, 6.07) is 6.33. The number of nitrogens with zero attached hydrogens (tertiary/aromatic N) is 2. The number of aromatic nitrogens is 2. The van der Waals surface area contributed by atoms with Gasteiger partial charge < -0.3 is 10.1 Å². The summed E-state index contributed by atoms with van der Waals surface area (Å²) >= 11 is 8.46. The number of nitrogens with one attached hydrogen (secondary N) is 1. The molecule has 10 heteroatoms. The average Bonchev–Trinajstić information content (AvgIpc) is 3.18. The Morgan fingerprint density at radius 2 is 2.14 bits per heavy atom. The van der Waals surface area contributed by atoms with Crippen LogP contribution in [0.25, 0.3) is 10.2 Å². The van der Waals surface area contributed by atoms with E-state index in [1.165, 1.54) is 36.3 Å². The van der Waals surface area contributed by atoms with Gasteiger partial charge in [0.05, 0.1) is 29.6 Å². The van der Waals surface area contributed by atoms with E-state index in [0.29, 0.717) is 32.6 Å². The van der Waals surface area contributed by atoms with Crippen molar-refractivity contribution in [1.29, 1.82) is 0 Å². The lowest BCUT2D eigenvalue weighted by Gasteiger charge is -2.12. The van der Waals surface area contributed by atoms with Crippen LogP contribution in [0, 0.1) is 0 Å². The topological polar surface area (TPSA) is 90.3 Å². The van der Waals surface area contributed by atoms with Crippen molar-refractivity contribution in [2.45, 2.75) is 25.0 Å². The zero-order chi connectivity index (χ0) is 21.0. The number of amides is 1. The van der Waals surface area contributed by atoms with Crippen molar-refractivity contribution in [3.8, 4) is 0 Å². The number of anilines is 1. The van der Waals surface area contributed by atoms with Crippen molar-refractivity contribution in [1.82, 2.24) is 9.55 Å². The first-order valence-corrected chi connectivity index (χ1v) is 11.0. The normalized spacial score (nSPS) is 10.9. The molecule has 0 atom stereocenters. The van der Waals surface area contributed by atoms with Gasteiger partial charge in [0.1, 0.15) is 4.70 Å². The standard InChI is InChI=1S/C19H18ClN3O4S2/c1-3-7-23-17(25)16-14(6-8-28-16)22-19(23)29-10-15(24)21-13-5-4-11(20)9-12(13)18(26)27-2/h4-6,8-9H,3,7,10H2,1-2H3,(H,21,24). The largest absolute Gasteiger partial charge is 0.465 e. The van der Waals surface area contributed by atoms with E-state index < -0.39 is 5.97 Å². The first-order valence-electron chi connectivity index (χ1n) is 8.73. The number of rotatable bonds is 7. The molecule has 0 bridgehead atoms. The number of carbonyl (C=O) groups excluding carboxylic acids is 2. The molecule has 0 spiro atoms. The summed E-state index contributed by atoms with van der Waals surface area (Å²) in [5, 5.41) is 5.36. The number of halogens is 1. The van der Waals surface area contributed by atoms with Crippen LogP contribution in [-0.2, 0) is 16.1 Å². The number of ether oxygens (including phenoxy) is 1. The van der Waals surface area contributed by atoms with E-state index in [-0.39, 0.29) is 22.8 Å². The molecule has 0 saturated heterocycles. The third-order valence-corrected chi connectivity index (χ3v) is 6.07. The Morgan fingerprint density at radius 3 is 2.86 bits per heavy atom. The summed E-state index contributed by atoms with van der Waals surface area (Å²) < 4.78 is 6.93. The molecule has 0 fully saturated rings. The van der Waals surface area contributed by atoms with Gasteiger partial charge in [0.25, 0.3) is 5.56 Å². The molecule has 1 N–H and O–H groups in total. The second-order valence-electron chi connectivity index (χ2n) is 6.00. The van der Waals surface area contributed by atoms with E-state index in [1.807, 2.05) is 12.3 Å². The molecule has 0 unspecified atom stereocenters. The molecule has 2 aromatic heterocycles. The number of benzene rings is 1. The molecule has 0 aliphatic heterocycles. The molecule has 3 aromatic rings. The van der Waals surface area contributed by atoms with Crippen LogP contribution in [0.1, 0.15) is 23.7 Å². The Labute approximate surface area is 180 Å². The summed E-state index contributed by atoms with van der Waals surface area (Å²) in [6.07, 6.45) is 0.769. The van der Waals surface area contributed by atoms with Crippen LogP contribution < -0.4 is 10.9 Å². The summed E-state index contributed by atoms with van der Waals surface area (Å²) in [5.41, 5.74) is 1.000. The Kier molecular flexibility index (Phi) is 6.94. The molecule has 7 nitrogen and oxygen atoms in total. The van der Waals surface area contributed by atoms with Gasteiger partial charge in [-0.25, -0.2) is 9.78 Å². The number of thiophene rings is 1. The molecule has 1 aromatic carbocycles. The number of thioether (sulfide) groups is 1. The first kappa shape index (κ1) is 21.4. The summed E-state index contributed by atoms with van der Waals surface area (Å²) in [7, 11) is 1.25. The van der Waals surface area contributed by atoms with Crippen LogP contribution in [0.4, 0.5) is 5.69 Å². The van der Waals surface area contributed by atoms with Crippen LogP contribution >= 0.6 is 34.7 Å². The van der Waals surface area contributed by atoms with E-state index in [4.69, 9.17) is 16.3 Å². The van der Waals surface area contributed by atoms with E-state index in [2.05, 4.69) is 10.3 Å². The Hall–Kier alpha value is -2.36. The van der Waals surface area contributed by atoms with Crippen molar-refractivity contribution in [2.75, 3.05) is 18.2 Å². The molecule has 3 rings (SSSR count). The fourth-order valence-corrected chi connectivity index (χ4v) is 4.45. The first-order chi connectivity index (χ1) is 13.9. The van der Waals surface area contributed by atoms with Crippen LogP contribution in [0.3, 0.4) is 0 Å². The van der Waals surface area contributed by atoms with Gasteiger partial charge in [-0.2, -0.15) is 0 Å². The molecule has 0 aliphatic carbocycles. The quantitative estimate of drug-likeness (QED) is 0.331. The highest BCUT2D eigenvalue weighted by molar-refractivity contribution is 7.99. The number of carbonyl (C=O) groups is 2. The molecule has 0 aliphatic rings. The van der Waals surface area contributed by atoms with Gasteiger partial charge in [0.15, 0.2) is 5.16 Å². The molecular weight excluding hydrogens is 434 g/mol. The van der Waals surface area contributed by atoms with Crippen molar-refractivity contribution >= 4 is 62.5 Å². The van der Waals surface area contributed by atoms with Gasteiger partial charge in [-0.15, -0.1) is 11.3 Å². The van der Waals surface area contributed by atoms with E-state index >= 15 is 0 Å². The number of esters is 1. The van der Waals surface area contributed by atoms with Gasteiger partial charge >= 0.3 is 5.97 Å². The van der Waals surface area contributed by atoms with E-state index in [1.54, 1.807) is 22.8 Å². The molecular formula is C19H18ClN3O4S2. The van der Waals surface area contributed by atoms with Crippen LogP contribution in [0.2, 0.25) is 5.02 Å². The summed E-state index contributed by atoms with van der Waals surface area (Å²) in [4.78, 5) is 41.6. The maximum atomic E-state index is 12.7. The molecule has 2 heterocycles. The Balaban J connectivity index is 1.79. The third kappa shape index (κ3) is 4.80. The van der Waals surface area contributed by atoms with Crippen molar-refractivity contribution in [2.24, 2.45) is 0 Å². The second-order valence-corrected chi connectivity index (χ2v) is 8.30. The number of hydrogen-bond acceptors (Lipinski definition) is 7. The fourth-order valence-electron chi connectivity index (χ4n) is 2.68. The van der Waals surface area contributed by atoms with Gasteiger partial charge in [0, 0.05) is 11.6 Å². The van der Waals surface area contributed by atoms with Crippen molar-refractivity contribution < 1.29 is 14.3 Å². The number of hydrogen-bond donors (Lipinski definition) is 1. The van der Waals surface area contributed by atoms with Gasteiger partial charge in [-0.3, -0.25) is 14.2 Å².